The molecule has 1 saturated carbocycles. The molecule has 0 spiro atoms. The number of carbonyl (C=O) groups is 2. The molecule has 3 N–H and O–H groups in total. The molecule has 0 unspecified atom stereocenters. The first-order valence-electron chi connectivity index (χ1n) is 8.98. The Morgan fingerprint density at radius 1 is 1.21 bits per heavy atom. The van der Waals surface area contributed by atoms with Gasteiger partial charge in [-0.3, -0.25) is 14.6 Å². The van der Waals surface area contributed by atoms with E-state index in [0.29, 0.717) is 17.3 Å². The third-order valence-electron chi connectivity index (χ3n) is 4.80. The standard InChI is InChI=1S/C19H20N6O3/c1-19(2,18(27)28)25-10-9-14(24-25)20-17(26)13-7-5-12(6-8-13)16-21-15(22-23-16)11-3-4-11/h5-11H,3-4H2,1-2H3,(H,27,28)(H,20,24,26)(H,21,22,23). The largest absolute Gasteiger partial charge is 0.479 e. The Hall–Kier alpha value is -3.49. The van der Waals surface area contributed by atoms with Gasteiger partial charge in [0.2, 0.25) is 0 Å². The molecule has 0 aliphatic heterocycles. The molecule has 0 atom stereocenters. The Kier molecular flexibility index (Phi) is 4.21. The molecule has 9 heteroatoms. The van der Waals surface area contributed by atoms with Crippen molar-refractivity contribution < 1.29 is 14.7 Å². The summed E-state index contributed by atoms with van der Waals surface area (Å²) in [6.45, 7) is 3.06. The van der Waals surface area contributed by atoms with E-state index in [-0.39, 0.29) is 11.7 Å². The highest BCUT2D eigenvalue weighted by molar-refractivity contribution is 6.03. The summed E-state index contributed by atoms with van der Waals surface area (Å²) in [5.41, 5.74) is 0.0708. The van der Waals surface area contributed by atoms with Crippen molar-refractivity contribution in [3.05, 3.63) is 47.9 Å². The number of anilines is 1. The Balaban J connectivity index is 1.45. The number of hydrogen-bond donors (Lipinski definition) is 3. The van der Waals surface area contributed by atoms with E-state index in [0.717, 1.165) is 24.2 Å². The van der Waals surface area contributed by atoms with Gasteiger partial charge in [-0.2, -0.15) is 10.2 Å². The molecule has 28 heavy (non-hydrogen) atoms. The fraction of sp³-hybridized carbons (Fsp3) is 0.316. The first-order valence-corrected chi connectivity index (χ1v) is 8.98. The van der Waals surface area contributed by atoms with E-state index in [9.17, 15) is 14.7 Å². The molecule has 1 aliphatic carbocycles. The topological polar surface area (TPSA) is 126 Å². The molecule has 1 amide bonds. The molecular formula is C19H20N6O3. The van der Waals surface area contributed by atoms with Gasteiger partial charge < -0.3 is 10.4 Å². The molecule has 2 aromatic heterocycles. The minimum atomic E-state index is -1.21. The van der Waals surface area contributed by atoms with Gasteiger partial charge in [0.15, 0.2) is 17.2 Å². The van der Waals surface area contributed by atoms with E-state index in [1.54, 1.807) is 30.3 Å². The first kappa shape index (κ1) is 17.9. The van der Waals surface area contributed by atoms with Crippen LogP contribution in [0.15, 0.2) is 36.5 Å². The van der Waals surface area contributed by atoms with Crippen LogP contribution in [-0.2, 0) is 10.3 Å². The summed E-state index contributed by atoms with van der Waals surface area (Å²) in [6, 6.07) is 8.53. The van der Waals surface area contributed by atoms with Gasteiger partial charge in [0.25, 0.3) is 5.91 Å². The third kappa shape index (κ3) is 3.38. The number of H-pyrrole nitrogens is 1. The van der Waals surface area contributed by atoms with Gasteiger partial charge in [0.05, 0.1) is 0 Å². The molecule has 0 radical (unpaired) electrons. The van der Waals surface area contributed by atoms with E-state index in [2.05, 4.69) is 25.6 Å². The number of aromatic amines is 1. The Labute approximate surface area is 160 Å². The fourth-order valence-corrected chi connectivity index (χ4v) is 2.70. The highest BCUT2D eigenvalue weighted by atomic mass is 16.4. The monoisotopic (exact) mass is 380 g/mol. The number of carbonyl (C=O) groups excluding carboxylic acids is 1. The maximum absolute atomic E-state index is 12.4. The Morgan fingerprint density at radius 2 is 1.93 bits per heavy atom. The van der Waals surface area contributed by atoms with Crippen LogP contribution in [0.2, 0.25) is 0 Å². The molecular weight excluding hydrogens is 360 g/mol. The lowest BCUT2D eigenvalue weighted by Gasteiger charge is -2.19. The SMILES string of the molecule is CC(C)(C(=O)O)n1ccc(NC(=O)c2ccc(-c3n[nH]c(C4CC4)n3)cc2)n1. The number of benzene rings is 1. The van der Waals surface area contributed by atoms with E-state index in [4.69, 9.17) is 0 Å². The van der Waals surface area contributed by atoms with E-state index < -0.39 is 11.5 Å². The zero-order chi connectivity index (χ0) is 19.9. The molecule has 0 saturated heterocycles. The first-order chi connectivity index (χ1) is 13.3. The average molecular weight is 380 g/mol. The van der Waals surface area contributed by atoms with Crippen LogP contribution < -0.4 is 5.32 Å². The van der Waals surface area contributed by atoms with Crippen molar-refractivity contribution in [1.82, 2.24) is 25.0 Å². The predicted molar refractivity (Wildman–Crippen MR) is 101 cm³/mol. The van der Waals surface area contributed by atoms with Crippen LogP contribution in [0.3, 0.4) is 0 Å². The maximum atomic E-state index is 12.4. The number of aromatic nitrogens is 5. The molecule has 4 rings (SSSR count). The van der Waals surface area contributed by atoms with Crippen LogP contribution in [-0.4, -0.2) is 41.9 Å². The van der Waals surface area contributed by atoms with Crippen LogP contribution in [0.1, 0.15) is 48.8 Å². The number of aliphatic carboxylic acids is 1. The fourth-order valence-electron chi connectivity index (χ4n) is 2.70. The van der Waals surface area contributed by atoms with Gasteiger partial charge in [0.1, 0.15) is 5.82 Å². The second kappa shape index (κ2) is 6.59. The minimum Gasteiger partial charge on any atom is -0.479 e. The number of hydrogen-bond acceptors (Lipinski definition) is 5. The van der Waals surface area contributed by atoms with Gasteiger partial charge in [-0.1, -0.05) is 12.1 Å². The molecule has 1 aliphatic rings. The molecule has 0 bridgehead atoms. The van der Waals surface area contributed by atoms with Gasteiger partial charge in [-0.25, -0.2) is 9.78 Å². The lowest BCUT2D eigenvalue weighted by molar-refractivity contribution is -0.146. The lowest BCUT2D eigenvalue weighted by atomic mass is 10.1. The van der Waals surface area contributed by atoms with Gasteiger partial charge in [0, 0.05) is 29.3 Å². The van der Waals surface area contributed by atoms with Crippen LogP contribution in [0.25, 0.3) is 11.4 Å². The predicted octanol–water partition coefficient (Wildman–Crippen LogP) is 2.62. The molecule has 144 valence electrons. The second-order valence-corrected chi connectivity index (χ2v) is 7.36. The Morgan fingerprint density at radius 3 is 2.57 bits per heavy atom. The molecule has 9 nitrogen and oxygen atoms in total. The summed E-state index contributed by atoms with van der Waals surface area (Å²) >= 11 is 0. The maximum Gasteiger partial charge on any atom is 0.331 e. The van der Waals surface area contributed by atoms with E-state index in [1.165, 1.54) is 24.7 Å². The summed E-state index contributed by atoms with van der Waals surface area (Å²) in [7, 11) is 0. The van der Waals surface area contributed by atoms with Crippen LogP contribution in [0.4, 0.5) is 5.82 Å². The average Bonchev–Trinajstić information content (AvgIpc) is 3.21. The third-order valence-corrected chi connectivity index (χ3v) is 4.80. The van der Waals surface area contributed by atoms with Crippen molar-refractivity contribution in [2.45, 2.75) is 38.1 Å². The summed E-state index contributed by atoms with van der Waals surface area (Å²) in [6.07, 6.45) is 3.81. The van der Waals surface area contributed by atoms with Crippen molar-refractivity contribution in [3.8, 4) is 11.4 Å². The molecule has 3 aromatic rings. The Bertz CT molecular complexity index is 1030. The van der Waals surface area contributed by atoms with Gasteiger partial charge in [-0.05, 0) is 38.8 Å². The van der Waals surface area contributed by atoms with Crippen molar-refractivity contribution >= 4 is 17.7 Å². The number of nitrogens with one attached hydrogen (secondary N) is 2. The smallest absolute Gasteiger partial charge is 0.331 e. The summed E-state index contributed by atoms with van der Waals surface area (Å²) < 4.78 is 1.30. The quantitative estimate of drug-likeness (QED) is 0.603. The van der Waals surface area contributed by atoms with Gasteiger partial charge in [-0.15, -0.1) is 0 Å². The normalized spacial score (nSPS) is 14.1. The molecule has 1 fully saturated rings. The zero-order valence-electron chi connectivity index (χ0n) is 15.5. The van der Waals surface area contributed by atoms with Crippen LogP contribution >= 0.6 is 0 Å². The van der Waals surface area contributed by atoms with E-state index in [1.807, 2.05) is 0 Å². The number of carboxylic acid groups (broad SMARTS) is 1. The van der Waals surface area contributed by atoms with E-state index >= 15 is 0 Å². The summed E-state index contributed by atoms with van der Waals surface area (Å²) in [5, 5.41) is 23.3. The number of amides is 1. The highest BCUT2D eigenvalue weighted by Crippen LogP contribution is 2.38. The van der Waals surface area contributed by atoms with Crippen LogP contribution in [0.5, 0.6) is 0 Å². The van der Waals surface area contributed by atoms with Gasteiger partial charge >= 0.3 is 5.97 Å². The summed E-state index contributed by atoms with van der Waals surface area (Å²) in [4.78, 5) is 28.2. The summed E-state index contributed by atoms with van der Waals surface area (Å²) in [5.74, 6) is 0.961. The van der Waals surface area contributed by atoms with Crippen molar-refractivity contribution in [2.75, 3.05) is 5.32 Å². The highest BCUT2D eigenvalue weighted by Gasteiger charge is 2.30. The van der Waals surface area contributed by atoms with Crippen molar-refractivity contribution in [3.63, 3.8) is 0 Å². The number of carboxylic acids is 1. The number of nitrogens with zero attached hydrogens (tertiary/aromatic N) is 4. The second-order valence-electron chi connectivity index (χ2n) is 7.36. The number of rotatable bonds is 6. The van der Waals surface area contributed by atoms with Crippen LogP contribution in [0, 0.1) is 0 Å². The minimum absolute atomic E-state index is 0.284. The van der Waals surface area contributed by atoms with Crippen molar-refractivity contribution in [1.29, 1.82) is 0 Å². The van der Waals surface area contributed by atoms with Crippen molar-refractivity contribution in [2.24, 2.45) is 0 Å². The molecule has 2 heterocycles. The lowest BCUT2D eigenvalue weighted by Crippen LogP contribution is -2.36. The zero-order valence-corrected chi connectivity index (χ0v) is 15.5. The molecule has 1 aromatic carbocycles.